The largest absolute Gasteiger partial charge is 0.375 e. The highest BCUT2D eigenvalue weighted by Gasteiger charge is 2.32. The zero-order chi connectivity index (χ0) is 16.1. The maximum absolute atomic E-state index is 5.95. The van der Waals surface area contributed by atoms with Gasteiger partial charge in [0.2, 0.25) is 0 Å². The second-order valence-electron chi connectivity index (χ2n) is 7.47. The molecule has 2 saturated heterocycles. The van der Waals surface area contributed by atoms with Crippen molar-refractivity contribution >= 4 is 5.96 Å². The van der Waals surface area contributed by atoms with E-state index in [2.05, 4.69) is 22.1 Å². The predicted molar refractivity (Wildman–Crippen MR) is 92.8 cm³/mol. The summed E-state index contributed by atoms with van der Waals surface area (Å²) in [7, 11) is 1.89. The topological polar surface area (TPSA) is 46.1 Å². The number of aliphatic imine (C=N–C) groups is 1. The highest BCUT2D eigenvalue weighted by molar-refractivity contribution is 5.80. The van der Waals surface area contributed by atoms with Crippen LogP contribution in [-0.4, -0.2) is 63.0 Å². The summed E-state index contributed by atoms with van der Waals surface area (Å²) < 4.78 is 11.8. The first-order valence-corrected chi connectivity index (χ1v) is 9.45. The zero-order valence-electron chi connectivity index (χ0n) is 14.8. The van der Waals surface area contributed by atoms with Crippen LogP contribution < -0.4 is 5.32 Å². The summed E-state index contributed by atoms with van der Waals surface area (Å²) >= 11 is 0. The number of hydrogen-bond donors (Lipinski definition) is 1. The van der Waals surface area contributed by atoms with Gasteiger partial charge in [-0.1, -0.05) is 19.8 Å². The molecule has 0 aromatic heterocycles. The Kier molecular flexibility index (Phi) is 6.17. The number of nitrogens with zero attached hydrogens (tertiary/aromatic N) is 2. The molecule has 1 aliphatic carbocycles. The molecule has 0 aromatic rings. The summed E-state index contributed by atoms with van der Waals surface area (Å²) in [6.45, 7) is 6.91. The summed E-state index contributed by atoms with van der Waals surface area (Å²) in [6.07, 6.45) is 8.25. The fraction of sp³-hybridized carbons (Fsp3) is 0.944. The van der Waals surface area contributed by atoms with Gasteiger partial charge in [0.05, 0.1) is 12.7 Å². The number of guanidine groups is 1. The number of rotatable bonds is 3. The van der Waals surface area contributed by atoms with Crippen LogP contribution >= 0.6 is 0 Å². The van der Waals surface area contributed by atoms with Crippen LogP contribution in [0.25, 0.3) is 0 Å². The van der Waals surface area contributed by atoms with Gasteiger partial charge in [0, 0.05) is 33.3 Å². The number of nitrogens with one attached hydrogen (secondary N) is 1. The van der Waals surface area contributed by atoms with Crippen molar-refractivity contribution in [3.63, 3.8) is 0 Å². The molecule has 132 valence electrons. The lowest BCUT2D eigenvalue weighted by atomic mass is 9.82. The third-order valence-corrected chi connectivity index (χ3v) is 5.58. The van der Waals surface area contributed by atoms with Crippen molar-refractivity contribution in [3.05, 3.63) is 0 Å². The van der Waals surface area contributed by atoms with Crippen molar-refractivity contribution in [2.45, 2.75) is 57.7 Å². The molecule has 0 amide bonds. The van der Waals surface area contributed by atoms with Gasteiger partial charge in [-0.05, 0) is 37.5 Å². The smallest absolute Gasteiger partial charge is 0.193 e. The molecule has 0 radical (unpaired) electrons. The van der Waals surface area contributed by atoms with Crippen LogP contribution in [0.1, 0.15) is 45.4 Å². The second-order valence-corrected chi connectivity index (χ2v) is 7.47. The first kappa shape index (κ1) is 17.0. The molecule has 0 aromatic carbocycles. The summed E-state index contributed by atoms with van der Waals surface area (Å²) in [5, 5.41) is 3.62. The van der Waals surface area contributed by atoms with Gasteiger partial charge in [0.15, 0.2) is 5.96 Å². The fourth-order valence-corrected chi connectivity index (χ4v) is 4.30. The normalized spacial score (nSPS) is 36.3. The van der Waals surface area contributed by atoms with Crippen LogP contribution in [0, 0.1) is 11.8 Å². The lowest BCUT2D eigenvalue weighted by molar-refractivity contribution is -0.0817. The minimum absolute atomic E-state index is 0.194. The Labute approximate surface area is 140 Å². The Morgan fingerprint density at radius 3 is 2.74 bits per heavy atom. The third-order valence-electron chi connectivity index (χ3n) is 5.58. The minimum Gasteiger partial charge on any atom is -0.375 e. The Hall–Kier alpha value is -0.810. The van der Waals surface area contributed by atoms with Crippen LogP contribution in [0.4, 0.5) is 0 Å². The summed E-state index contributed by atoms with van der Waals surface area (Å²) in [4.78, 5) is 6.86. The molecule has 5 nitrogen and oxygen atoms in total. The molecule has 2 heterocycles. The maximum Gasteiger partial charge on any atom is 0.193 e. The van der Waals surface area contributed by atoms with Crippen LogP contribution in [0.3, 0.4) is 0 Å². The monoisotopic (exact) mass is 323 g/mol. The second kappa shape index (κ2) is 8.34. The van der Waals surface area contributed by atoms with Crippen molar-refractivity contribution in [3.8, 4) is 0 Å². The molecule has 4 unspecified atom stereocenters. The molecule has 2 aliphatic heterocycles. The first-order chi connectivity index (χ1) is 11.3. The molecule has 0 bridgehead atoms. The predicted octanol–water partition coefficient (Wildman–Crippen LogP) is 2.27. The quantitative estimate of drug-likeness (QED) is 0.639. The Morgan fingerprint density at radius 2 is 2.00 bits per heavy atom. The van der Waals surface area contributed by atoms with Gasteiger partial charge >= 0.3 is 0 Å². The van der Waals surface area contributed by atoms with Crippen molar-refractivity contribution in [2.24, 2.45) is 16.8 Å². The van der Waals surface area contributed by atoms with E-state index >= 15 is 0 Å². The standard InChI is InChI=1S/C18H33N3O2/c1-14-5-3-6-15(11-14)12-20-18(19-2)21-8-10-23-17(13-21)16-7-4-9-22-16/h14-17H,3-13H2,1-2H3,(H,19,20). The minimum atomic E-state index is 0.194. The van der Waals surface area contributed by atoms with Gasteiger partial charge in [-0.15, -0.1) is 0 Å². The summed E-state index contributed by atoms with van der Waals surface area (Å²) in [5.41, 5.74) is 0. The van der Waals surface area contributed by atoms with E-state index < -0.39 is 0 Å². The molecule has 4 atom stereocenters. The van der Waals surface area contributed by atoms with Gasteiger partial charge in [0.1, 0.15) is 6.10 Å². The first-order valence-electron chi connectivity index (χ1n) is 9.45. The highest BCUT2D eigenvalue weighted by atomic mass is 16.5. The molecular formula is C18H33N3O2. The average Bonchev–Trinajstić information content (AvgIpc) is 3.10. The molecule has 5 heteroatoms. The molecule has 3 fully saturated rings. The Balaban J connectivity index is 1.49. The van der Waals surface area contributed by atoms with Crippen LogP contribution in [0.2, 0.25) is 0 Å². The van der Waals surface area contributed by atoms with E-state index in [9.17, 15) is 0 Å². The number of morpholine rings is 1. The SMILES string of the molecule is CN=C(NCC1CCCC(C)C1)N1CCOC(C2CCCO2)C1. The Bertz CT molecular complexity index is 396. The van der Waals surface area contributed by atoms with Gasteiger partial charge < -0.3 is 19.7 Å². The average molecular weight is 323 g/mol. The van der Waals surface area contributed by atoms with Gasteiger partial charge in [0.25, 0.3) is 0 Å². The molecule has 0 spiro atoms. The van der Waals surface area contributed by atoms with Crippen LogP contribution in [-0.2, 0) is 9.47 Å². The van der Waals surface area contributed by atoms with E-state index in [4.69, 9.17) is 9.47 Å². The van der Waals surface area contributed by atoms with E-state index in [1.165, 1.54) is 25.7 Å². The summed E-state index contributed by atoms with van der Waals surface area (Å²) in [6, 6.07) is 0. The van der Waals surface area contributed by atoms with E-state index in [1.54, 1.807) is 0 Å². The van der Waals surface area contributed by atoms with E-state index in [1.807, 2.05) is 7.05 Å². The van der Waals surface area contributed by atoms with Crippen LogP contribution in [0.15, 0.2) is 4.99 Å². The van der Waals surface area contributed by atoms with E-state index in [0.717, 1.165) is 63.5 Å². The number of hydrogen-bond acceptors (Lipinski definition) is 3. The lowest BCUT2D eigenvalue weighted by Crippen LogP contribution is -2.53. The maximum atomic E-state index is 5.95. The fourth-order valence-electron chi connectivity index (χ4n) is 4.30. The zero-order valence-corrected chi connectivity index (χ0v) is 14.8. The van der Waals surface area contributed by atoms with Gasteiger partial charge in [-0.3, -0.25) is 4.99 Å². The molecule has 3 aliphatic rings. The van der Waals surface area contributed by atoms with Crippen molar-refractivity contribution in [2.75, 3.05) is 39.9 Å². The van der Waals surface area contributed by atoms with Gasteiger partial charge in [-0.2, -0.15) is 0 Å². The van der Waals surface area contributed by atoms with E-state index in [0.29, 0.717) is 0 Å². The summed E-state index contributed by atoms with van der Waals surface area (Å²) in [5.74, 6) is 2.71. The van der Waals surface area contributed by atoms with Crippen molar-refractivity contribution < 1.29 is 9.47 Å². The molecular weight excluding hydrogens is 290 g/mol. The van der Waals surface area contributed by atoms with Crippen molar-refractivity contribution in [1.29, 1.82) is 0 Å². The molecule has 1 saturated carbocycles. The molecule has 3 rings (SSSR count). The molecule has 23 heavy (non-hydrogen) atoms. The van der Waals surface area contributed by atoms with E-state index in [-0.39, 0.29) is 12.2 Å². The van der Waals surface area contributed by atoms with Gasteiger partial charge in [-0.25, -0.2) is 0 Å². The Morgan fingerprint density at radius 1 is 1.13 bits per heavy atom. The third kappa shape index (κ3) is 4.60. The molecule has 1 N–H and O–H groups in total. The van der Waals surface area contributed by atoms with Crippen molar-refractivity contribution in [1.82, 2.24) is 10.2 Å². The van der Waals surface area contributed by atoms with Crippen LogP contribution in [0.5, 0.6) is 0 Å². The lowest BCUT2D eigenvalue weighted by Gasteiger charge is -2.37. The number of ether oxygens (including phenoxy) is 2. The highest BCUT2D eigenvalue weighted by Crippen LogP contribution is 2.28.